The highest BCUT2D eigenvalue weighted by Crippen LogP contribution is 2.40. The lowest BCUT2D eigenvalue weighted by molar-refractivity contribution is 0.670. The van der Waals surface area contributed by atoms with Crippen molar-refractivity contribution in [3.63, 3.8) is 0 Å². The van der Waals surface area contributed by atoms with Crippen molar-refractivity contribution in [2.45, 2.75) is 46.0 Å². The lowest BCUT2D eigenvalue weighted by Crippen LogP contribution is -2.07. The van der Waals surface area contributed by atoms with Crippen LogP contribution < -0.4 is 0 Å². The van der Waals surface area contributed by atoms with Crippen molar-refractivity contribution >= 4 is 66.7 Å². The summed E-state index contributed by atoms with van der Waals surface area (Å²) in [6.07, 6.45) is 13.8. The first-order valence-corrected chi connectivity index (χ1v) is 17.1. The van der Waals surface area contributed by atoms with Crippen molar-refractivity contribution in [2.24, 2.45) is 0 Å². The van der Waals surface area contributed by atoms with E-state index < -0.39 is 0 Å². The predicted molar refractivity (Wildman–Crippen MR) is 201 cm³/mol. The third-order valence-corrected chi connectivity index (χ3v) is 9.89. The summed E-state index contributed by atoms with van der Waals surface area (Å²) in [4.78, 5) is 10.7. The van der Waals surface area contributed by atoms with E-state index in [0.29, 0.717) is 5.82 Å². The first kappa shape index (κ1) is 28.5. The molecule has 1 aliphatic rings. The van der Waals surface area contributed by atoms with E-state index >= 15 is 0 Å². The van der Waals surface area contributed by atoms with Gasteiger partial charge in [-0.25, -0.2) is 9.97 Å². The molecule has 0 bridgehead atoms. The fourth-order valence-electron chi connectivity index (χ4n) is 7.63. The summed E-state index contributed by atoms with van der Waals surface area (Å²) in [5, 5.41) is 6.91. The van der Waals surface area contributed by atoms with Gasteiger partial charge in [-0.3, -0.25) is 4.57 Å². The van der Waals surface area contributed by atoms with Gasteiger partial charge in [-0.1, -0.05) is 93.4 Å². The summed E-state index contributed by atoms with van der Waals surface area (Å²) in [7, 11) is 0. The molecule has 8 aromatic rings. The lowest BCUT2D eigenvalue weighted by Gasteiger charge is -2.15. The smallest absolute Gasteiger partial charge is 0.165 e. The molecule has 0 saturated heterocycles. The quantitative estimate of drug-likeness (QED) is 0.131. The van der Waals surface area contributed by atoms with Gasteiger partial charge in [-0.15, -0.1) is 5.73 Å². The number of rotatable bonds is 7. The zero-order valence-corrected chi connectivity index (χ0v) is 27.3. The maximum absolute atomic E-state index is 6.65. The molecular formula is C44H35N3O. The number of allylic oxidation sites excluding steroid dienone is 2. The van der Waals surface area contributed by atoms with Gasteiger partial charge in [-0.2, -0.15) is 0 Å². The number of para-hydroxylation sites is 2. The number of furan rings is 1. The average Bonchev–Trinajstić information content (AvgIpc) is 3.55. The van der Waals surface area contributed by atoms with Crippen LogP contribution in [-0.2, 0) is 12.8 Å². The first-order chi connectivity index (χ1) is 23.7. The number of aromatic nitrogens is 3. The molecule has 0 atom stereocenters. The Labute approximate surface area is 279 Å². The molecule has 0 amide bonds. The Morgan fingerprint density at radius 1 is 0.771 bits per heavy atom. The molecule has 3 aromatic heterocycles. The van der Waals surface area contributed by atoms with E-state index in [9.17, 15) is 0 Å². The topological polar surface area (TPSA) is 43.9 Å². The Kier molecular flexibility index (Phi) is 6.85. The van der Waals surface area contributed by atoms with E-state index in [-0.39, 0.29) is 0 Å². The minimum atomic E-state index is 0.664. The number of unbranched alkanes of at least 4 members (excludes halogenated alkanes) is 2. The van der Waals surface area contributed by atoms with Crippen LogP contribution >= 0.6 is 0 Å². The van der Waals surface area contributed by atoms with Gasteiger partial charge < -0.3 is 4.42 Å². The van der Waals surface area contributed by atoms with Crippen LogP contribution in [0.15, 0.2) is 113 Å². The summed E-state index contributed by atoms with van der Waals surface area (Å²) in [5.41, 5.74) is 13.1. The lowest BCUT2D eigenvalue weighted by atomic mass is 10.00. The number of fused-ring (bicyclic) bond motifs is 8. The molecule has 0 radical (unpaired) electrons. The van der Waals surface area contributed by atoms with Crippen molar-refractivity contribution in [1.82, 2.24) is 14.5 Å². The van der Waals surface area contributed by atoms with Crippen LogP contribution in [0.25, 0.3) is 83.9 Å². The second kappa shape index (κ2) is 11.5. The summed E-state index contributed by atoms with van der Waals surface area (Å²) >= 11 is 0. The van der Waals surface area contributed by atoms with Crippen LogP contribution in [0.1, 0.15) is 55.5 Å². The predicted octanol–water partition coefficient (Wildman–Crippen LogP) is 11.8. The molecule has 0 unspecified atom stereocenters. The molecule has 0 saturated carbocycles. The number of nitrogens with zero attached hydrogens (tertiary/aromatic N) is 3. The molecule has 3 heterocycles. The van der Waals surface area contributed by atoms with E-state index in [2.05, 4.69) is 133 Å². The summed E-state index contributed by atoms with van der Waals surface area (Å²) in [5.74, 6) is 1.58. The molecule has 4 nitrogen and oxygen atoms in total. The van der Waals surface area contributed by atoms with Crippen LogP contribution in [0.4, 0.5) is 0 Å². The zero-order chi connectivity index (χ0) is 32.2. The average molecular weight is 622 g/mol. The minimum absolute atomic E-state index is 0.664. The van der Waals surface area contributed by atoms with Gasteiger partial charge in [0.05, 0.1) is 16.6 Å². The summed E-state index contributed by atoms with van der Waals surface area (Å²) in [6, 6.07) is 32.2. The van der Waals surface area contributed by atoms with Crippen LogP contribution in [0.5, 0.6) is 0 Å². The van der Waals surface area contributed by atoms with Crippen LogP contribution in [0.3, 0.4) is 0 Å². The summed E-state index contributed by atoms with van der Waals surface area (Å²) < 4.78 is 9.09. The van der Waals surface area contributed by atoms with Gasteiger partial charge in [0.25, 0.3) is 0 Å². The number of hydrogen-bond donors (Lipinski definition) is 0. The van der Waals surface area contributed by atoms with E-state index in [1.807, 2.05) is 6.08 Å². The molecule has 232 valence electrons. The van der Waals surface area contributed by atoms with Gasteiger partial charge in [0.2, 0.25) is 0 Å². The SMILES string of the molecule is CCCCCc1c(CC)c2cc3c(cc2n1-c1nc(-c2cccc4c2oc2ccc5ccccc5c24)nc2ccccc12)C=C=CC=C3. The minimum Gasteiger partial charge on any atom is -0.455 e. The van der Waals surface area contributed by atoms with Gasteiger partial charge >= 0.3 is 0 Å². The van der Waals surface area contributed by atoms with Crippen LogP contribution in [0.2, 0.25) is 0 Å². The van der Waals surface area contributed by atoms with Crippen LogP contribution in [-0.4, -0.2) is 14.5 Å². The van der Waals surface area contributed by atoms with Gasteiger partial charge in [0.15, 0.2) is 5.82 Å². The maximum atomic E-state index is 6.65. The highest BCUT2D eigenvalue weighted by molar-refractivity contribution is 6.20. The van der Waals surface area contributed by atoms with Crippen molar-refractivity contribution in [2.75, 3.05) is 0 Å². The molecule has 0 N–H and O–H groups in total. The van der Waals surface area contributed by atoms with Crippen molar-refractivity contribution < 1.29 is 4.42 Å². The van der Waals surface area contributed by atoms with E-state index in [4.69, 9.17) is 14.4 Å². The Morgan fingerprint density at radius 3 is 2.52 bits per heavy atom. The largest absolute Gasteiger partial charge is 0.455 e. The van der Waals surface area contributed by atoms with Crippen LogP contribution in [0, 0.1) is 0 Å². The molecule has 48 heavy (non-hydrogen) atoms. The molecular weight excluding hydrogens is 587 g/mol. The van der Waals surface area contributed by atoms with E-state index in [1.165, 1.54) is 51.3 Å². The maximum Gasteiger partial charge on any atom is 0.165 e. The Bertz CT molecular complexity index is 2660. The Morgan fingerprint density at radius 2 is 1.62 bits per heavy atom. The first-order valence-electron chi connectivity index (χ1n) is 17.1. The van der Waals surface area contributed by atoms with Crippen molar-refractivity contribution in [3.8, 4) is 17.2 Å². The fraction of sp³-hybridized carbons (Fsp3) is 0.159. The van der Waals surface area contributed by atoms with Gasteiger partial charge in [0.1, 0.15) is 17.0 Å². The van der Waals surface area contributed by atoms with Gasteiger partial charge in [0, 0.05) is 27.2 Å². The fourth-order valence-corrected chi connectivity index (χ4v) is 7.63. The normalized spacial score (nSPS) is 12.6. The van der Waals surface area contributed by atoms with Crippen molar-refractivity contribution in [1.29, 1.82) is 0 Å². The number of hydrogen-bond acceptors (Lipinski definition) is 3. The number of benzene rings is 5. The summed E-state index contributed by atoms with van der Waals surface area (Å²) in [6.45, 7) is 4.55. The standard InChI is InChI=1S/C44H35N3O/c1-3-5-7-23-38-31(4-2)36-26-29-16-8-6-9-17-30(29)27-39(36)47(38)44-33-19-12-13-22-37(33)45-43(46-44)35-21-14-20-34-41-32-18-11-10-15-28(32)24-25-40(41)48-42(34)35/h6,8,10-22,24-27H,3-5,7,23H2,1-2H3. The third kappa shape index (κ3) is 4.45. The second-order valence-corrected chi connectivity index (χ2v) is 12.7. The second-order valence-electron chi connectivity index (χ2n) is 12.7. The van der Waals surface area contributed by atoms with Crippen molar-refractivity contribution in [3.05, 3.63) is 131 Å². The molecule has 9 rings (SSSR count). The third-order valence-electron chi connectivity index (χ3n) is 9.89. The number of aryl methyl sites for hydroxylation is 1. The Balaban J connectivity index is 1.35. The molecule has 0 spiro atoms. The monoisotopic (exact) mass is 621 g/mol. The molecule has 0 aliphatic heterocycles. The Hall–Kier alpha value is -5.70. The molecule has 4 heteroatoms. The molecule has 5 aromatic carbocycles. The zero-order valence-electron chi connectivity index (χ0n) is 27.3. The highest BCUT2D eigenvalue weighted by Gasteiger charge is 2.23. The highest BCUT2D eigenvalue weighted by atomic mass is 16.3. The van der Waals surface area contributed by atoms with E-state index in [1.54, 1.807) is 0 Å². The van der Waals surface area contributed by atoms with E-state index in [0.717, 1.165) is 69.0 Å². The molecule has 0 fully saturated rings. The molecule has 1 aliphatic carbocycles. The van der Waals surface area contributed by atoms with Gasteiger partial charge in [-0.05, 0) is 95.3 Å².